The topological polar surface area (TPSA) is 49.6 Å². The first kappa shape index (κ1) is 12.2. The molecule has 1 aliphatic rings. The molecular formula is C14H9BrFN3. The van der Waals surface area contributed by atoms with Crippen LogP contribution in [0.25, 0.3) is 11.3 Å². The van der Waals surface area contributed by atoms with Crippen molar-refractivity contribution < 1.29 is 4.39 Å². The SMILES string of the molecule is N#CC1(c2nccc(-c3cc(Br)ccc3F)n2)CC1. The summed E-state index contributed by atoms with van der Waals surface area (Å²) >= 11 is 3.32. The summed E-state index contributed by atoms with van der Waals surface area (Å²) in [6.07, 6.45) is 3.12. The van der Waals surface area contributed by atoms with Gasteiger partial charge in [0.1, 0.15) is 17.1 Å². The van der Waals surface area contributed by atoms with E-state index in [-0.39, 0.29) is 5.82 Å². The molecule has 1 aliphatic carbocycles. The molecule has 1 saturated carbocycles. The fourth-order valence-corrected chi connectivity index (χ4v) is 2.30. The maximum atomic E-state index is 13.8. The fraction of sp³-hybridized carbons (Fsp3) is 0.214. The van der Waals surface area contributed by atoms with E-state index in [9.17, 15) is 4.39 Å². The third kappa shape index (κ3) is 2.13. The van der Waals surface area contributed by atoms with Crippen LogP contribution in [0.4, 0.5) is 4.39 Å². The van der Waals surface area contributed by atoms with Crippen LogP contribution in [0.2, 0.25) is 0 Å². The van der Waals surface area contributed by atoms with E-state index in [0.29, 0.717) is 17.1 Å². The average molecular weight is 318 g/mol. The number of hydrogen-bond donors (Lipinski definition) is 0. The largest absolute Gasteiger partial charge is 0.240 e. The van der Waals surface area contributed by atoms with Gasteiger partial charge in [0.05, 0.1) is 11.8 Å². The van der Waals surface area contributed by atoms with Crippen molar-refractivity contribution in [3.8, 4) is 17.3 Å². The molecule has 0 atom stereocenters. The summed E-state index contributed by atoms with van der Waals surface area (Å²) in [5, 5.41) is 9.16. The Balaban J connectivity index is 2.09. The van der Waals surface area contributed by atoms with Crippen LogP contribution in [0.1, 0.15) is 18.7 Å². The molecule has 1 aromatic heterocycles. The zero-order valence-corrected chi connectivity index (χ0v) is 11.5. The molecule has 0 spiro atoms. The van der Waals surface area contributed by atoms with Crippen molar-refractivity contribution in [2.24, 2.45) is 0 Å². The van der Waals surface area contributed by atoms with Gasteiger partial charge in [-0.05, 0) is 37.1 Å². The summed E-state index contributed by atoms with van der Waals surface area (Å²) in [4.78, 5) is 8.51. The van der Waals surface area contributed by atoms with Gasteiger partial charge in [0.15, 0.2) is 0 Å². The number of rotatable bonds is 2. The highest BCUT2D eigenvalue weighted by Gasteiger charge is 2.48. The number of benzene rings is 1. The Hall–Kier alpha value is -1.80. The molecule has 1 heterocycles. The Morgan fingerprint density at radius 3 is 2.79 bits per heavy atom. The van der Waals surface area contributed by atoms with E-state index < -0.39 is 5.41 Å². The zero-order valence-electron chi connectivity index (χ0n) is 9.90. The first-order chi connectivity index (χ1) is 9.14. The lowest BCUT2D eigenvalue weighted by Crippen LogP contribution is -2.09. The van der Waals surface area contributed by atoms with E-state index in [1.54, 1.807) is 24.4 Å². The monoisotopic (exact) mass is 317 g/mol. The fourth-order valence-electron chi connectivity index (χ4n) is 1.94. The van der Waals surface area contributed by atoms with Crippen molar-refractivity contribution in [2.75, 3.05) is 0 Å². The van der Waals surface area contributed by atoms with Gasteiger partial charge in [-0.15, -0.1) is 0 Å². The summed E-state index contributed by atoms with van der Waals surface area (Å²) in [7, 11) is 0. The molecule has 3 rings (SSSR count). The van der Waals surface area contributed by atoms with E-state index in [2.05, 4.69) is 32.0 Å². The number of hydrogen-bond acceptors (Lipinski definition) is 3. The van der Waals surface area contributed by atoms with E-state index >= 15 is 0 Å². The molecule has 0 radical (unpaired) electrons. The summed E-state index contributed by atoms with van der Waals surface area (Å²) in [6.45, 7) is 0. The minimum atomic E-state index is -0.557. The zero-order chi connectivity index (χ0) is 13.5. The molecular weight excluding hydrogens is 309 g/mol. The quantitative estimate of drug-likeness (QED) is 0.850. The Kier molecular flexibility index (Phi) is 2.83. The molecule has 1 aromatic carbocycles. The molecule has 5 heteroatoms. The minimum Gasteiger partial charge on any atom is -0.240 e. The Morgan fingerprint density at radius 1 is 1.32 bits per heavy atom. The van der Waals surface area contributed by atoms with Gasteiger partial charge < -0.3 is 0 Å². The lowest BCUT2D eigenvalue weighted by Gasteiger charge is -2.07. The number of halogens is 2. The van der Waals surface area contributed by atoms with Gasteiger partial charge in [-0.3, -0.25) is 0 Å². The average Bonchev–Trinajstić information content (AvgIpc) is 3.23. The third-order valence-corrected chi connectivity index (χ3v) is 3.75. The standard InChI is InChI=1S/C14H9BrFN3/c15-9-1-2-11(16)10(7-9)12-3-6-18-13(19-12)14(8-17)4-5-14/h1-3,6-7H,4-5H2. The summed E-state index contributed by atoms with van der Waals surface area (Å²) in [6, 6.07) is 8.60. The maximum absolute atomic E-state index is 13.8. The Labute approximate surface area is 118 Å². The van der Waals surface area contributed by atoms with Crippen LogP contribution in [0.5, 0.6) is 0 Å². The lowest BCUT2D eigenvalue weighted by molar-refractivity contribution is 0.630. The highest BCUT2D eigenvalue weighted by Crippen LogP contribution is 2.46. The van der Waals surface area contributed by atoms with Gasteiger partial charge in [0.25, 0.3) is 0 Å². The van der Waals surface area contributed by atoms with Crippen molar-refractivity contribution in [1.29, 1.82) is 5.26 Å². The predicted octanol–water partition coefficient (Wildman–Crippen LogP) is 3.60. The molecule has 0 unspecified atom stereocenters. The maximum Gasteiger partial charge on any atom is 0.149 e. The van der Waals surface area contributed by atoms with Crippen LogP contribution in [-0.2, 0) is 5.41 Å². The van der Waals surface area contributed by atoms with Crippen LogP contribution in [0.15, 0.2) is 34.9 Å². The number of nitriles is 1. The van der Waals surface area contributed by atoms with Crippen LogP contribution >= 0.6 is 15.9 Å². The molecule has 19 heavy (non-hydrogen) atoms. The van der Waals surface area contributed by atoms with Crippen LogP contribution in [0.3, 0.4) is 0 Å². The van der Waals surface area contributed by atoms with E-state index in [1.165, 1.54) is 6.07 Å². The smallest absolute Gasteiger partial charge is 0.149 e. The van der Waals surface area contributed by atoms with Crippen molar-refractivity contribution in [1.82, 2.24) is 9.97 Å². The van der Waals surface area contributed by atoms with E-state index in [4.69, 9.17) is 5.26 Å². The molecule has 3 nitrogen and oxygen atoms in total. The highest BCUT2D eigenvalue weighted by molar-refractivity contribution is 9.10. The molecule has 1 fully saturated rings. The first-order valence-electron chi connectivity index (χ1n) is 5.85. The Morgan fingerprint density at radius 2 is 2.11 bits per heavy atom. The third-order valence-electron chi connectivity index (χ3n) is 3.25. The number of aromatic nitrogens is 2. The van der Waals surface area contributed by atoms with Crippen molar-refractivity contribution in [3.05, 3.63) is 46.6 Å². The second-order valence-electron chi connectivity index (χ2n) is 4.58. The van der Waals surface area contributed by atoms with Crippen molar-refractivity contribution in [3.63, 3.8) is 0 Å². The highest BCUT2D eigenvalue weighted by atomic mass is 79.9. The van der Waals surface area contributed by atoms with Gasteiger partial charge in [-0.25, -0.2) is 14.4 Å². The molecule has 0 bridgehead atoms. The molecule has 0 aliphatic heterocycles. The van der Waals surface area contributed by atoms with Crippen LogP contribution in [0, 0.1) is 17.1 Å². The van der Waals surface area contributed by atoms with Gasteiger partial charge in [-0.1, -0.05) is 15.9 Å². The Bertz CT molecular complexity index is 689. The van der Waals surface area contributed by atoms with Crippen molar-refractivity contribution in [2.45, 2.75) is 18.3 Å². The van der Waals surface area contributed by atoms with E-state index in [0.717, 1.165) is 17.3 Å². The van der Waals surface area contributed by atoms with E-state index in [1.807, 2.05) is 0 Å². The van der Waals surface area contributed by atoms with Gasteiger partial charge in [0, 0.05) is 16.2 Å². The molecule has 94 valence electrons. The van der Waals surface area contributed by atoms with Gasteiger partial charge >= 0.3 is 0 Å². The summed E-state index contributed by atoms with van der Waals surface area (Å²) in [5.41, 5.74) is 0.357. The first-order valence-corrected chi connectivity index (χ1v) is 6.64. The summed E-state index contributed by atoms with van der Waals surface area (Å²) in [5.74, 6) is 0.154. The summed E-state index contributed by atoms with van der Waals surface area (Å²) < 4.78 is 14.6. The molecule has 0 amide bonds. The molecule has 0 saturated heterocycles. The van der Waals surface area contributed by atoms with Crippen LogP contribution in [-0.4, -0.2) is 9.97 Å². The van der Waals surface area contributed by atoms with Gasteiger partial charge in [-0.2, -0.15) is 5.26 Å². The molecule has 2 aromatic rings. The van der Waals surface area contributed by atoms with Crippen LogP contribution < -0.4 is 0 Å². The second kappa shape index (κ2) is 4.39. The van der Waals surface area contributed by atoms with Crippen molar-refractivity contribution >= 4 is 15.9 Å². The molecule has 0 N–H and O–H groups in total. The normalized spacial score (nSPS) is 15.8. The van der Waals surface area contributed by atoms with Gasteiger partial charge in [0.2, 0.25) is 0 Å². The lowest BCUT2D eigenvalue weighted by atomic mass is 10.1. The number of nitrogens with zero attached hydrogens (tertiary/aromatic N) is 3. The second-order valence-corrected chi connectivity index (χ2v) is 5.50. The predicted molar refractivity (Wildman–Crippen MR) is 71.7 cm³/mol. The minimum absolute atomic E-state index is 0.338.